The number of rotatable bonds is 8. The van der Waals surface area contributed by atoms with Gasteiger partial charge in [0, 0.05) is 12.1 Å². The van der Waals surface area contributed by atoms with Gasteiger partial charge < -0.3 is 15.7 Å². The molecule has 2 amide bonds. The third-order valence-corrected chi connectivity index (χ3v) is 4.12. The number of hydrogen-bond acceptors (Lipinski definition) is 3. The molecule has 0 saturated carbocycles. The monoisotopic (exact) mass is 394 g/mol. The largest absolute Gasteiger partial charge is 0.426 e. The zero-order valence-corrected chi connectivity index (χ0v) is 15.3. The van der Waals surface area contributed by atoms with Gasteiger partial charge in [-0.05, 0) is 31.5 Å². The number of aliphatic hydroxyl groups is 1. The third kappa shape index (κ3) is 5.88. The van der Waals surface area contributed by atoms with Crippen molar-refractivity contribution in [3.05, 3.63) is 28.8 Å². The molecule has 1 rings (SSSR count). The Labute approximate surface area is 154 Å². The fraction of sp³-hybridized carbons (Fsp3) is 0.529. The SMILES string of the molecule is CCCCCCNC(=O)c1ccc(Cl)c(NC(=O)C(C)(O)C(F)(F)F)c1. The first-order chi connectivity index (χ1) is 12.0. The molecule has 1 aromatic carbocycles. The van der Waals surface area contributed by atoms with E-state index in [4.69, 9.17) is 11.6 Å². The van der Waals surface area contributed by atoms with E-state index in [2.05, 4.69) is 12.2 Å². The summed E-state index contributed by atoms with van der Waals surface area (Å²) in [7, 11) is 0. The van der Waals surface area contributed by atoms with Gasteiger partial charge in [0.25, 0.3) is 11.8 Å². The predicted octanol–water partition coefficient (Wildman–Crippen LogP) is 3.90. The molecule has 0 bridgehead atoms. The number of alkyl halides is 3. The lowest BCUT2D eigenvalue weighted by Gasteiger charge is -2.25. The van der Waals surface area contributed by atoms with Crippen LogP contribution < -0.4 is 10.6 Å². The van der Waals surface area contributed by atoms with Crippen LogP contribution in [0.2, 0.25) is 5.02 Å². The van der Waals surface area contributed by atoms with Gasteiger partial charge in [-0.1, -0.05) is 37.8 Å². The summed E-state index contributed by atoms with van der Waals surface area (Å²) in [5.74, 6) is -2.12. The molecule has 0 aromatic heterocycles. The van der Waals surface area contributed by atoms with Gasteiger partial charge in [-0.3, -0.25) is 9.59 Å². The van der Waals surface area contributed by atoms with E-state index in [9.17, 15) is 27.9 Å². The molecular weight excluding hydrogens is 373 g/mol. The van der Waals surface area contributed by atoms with E-state index in [0.717, 1.165) is 31.7 Å². The average Bonchev–Trinajstić information content (AvgIpc) is 2.55. The van der Waals surface area contributed by atoms with Crippen molar-refractivity contribution in [3.63, 3.8) is 0 Å². The Bertz CT molecular complexity index is 649. The second-order valence-electron chi connectivity index (χ2n) is 6.04. The van der Waals surface area contributed by atoms with Gasteiger partial charge in [-0.15, -0.1) is 0 Å². The average molecular weight is 395 g/mol. The van der Waals surface area contributed by atoms with E-state index >= 15 is 0 Å². The highest BCUT2D eigenvalue weighted by Crippen LogP contribution is 2.32. The molecule has 0 radical (unpaired) electrons. The molecule has 0 fully saturated rings. The van der Waals surface area contributed by atoms with E-state index < -0.39 is 23.6 Å². The van der Waals surface area contributed by atoms with E-state index in [1.807, 2.05) is 5.32 Å². The summed E-state index contributed by atoms with van der Waals surface area (Å²) in [6.07, 6.45) is -1.24. The number of benzene rings is 1. The molecular formula is C17H22ClF3N2O3. The Hall–Kier alpha value is -1.80. The van der Waals surface area contributed by atoms with Crippen LogP contribution in [0.15, 0.2) is 18.2 Å². The quantitative estimate of drug-likeness (QED) is 0.585. The van der Waals surface area contributed by atoms with E-state index in [1.165, 1.54) is 12.1 Å². The van der Waals surface area contributed by atoms with E-state index in [0.29, 0.717) is 13.5 Å². The summed E-state index contributed by atoms with van der Waals surface area (Å²) in [6, 6.07) is 3.83. The van der Waals surface area contributed by atoms with Crippen LogP contribution in [0.3, 0.4) is 0 Å². The maximum Gasteiger partial charge on any atom is 0.426 e. The minimum Gasteiger partial charge on any atom is -0.373 e. The van der Waals surface area contributed by atoms with Gasteiger partial charge >= 0.3 is 6.18 Å². The molecule has 1 atom stereocenters. The molecule has 0 aliphatic heterocycles. The number of carbonyl (C=O) groups excluding carboxylic acids is 2. The van der Waals surface area contributed by atoms with Crippen LogP contribution in [0.4, 0.5) is 18.9 Å². The molecule has 5 nitrogen and oxygen atoms in total. The number of halogens is 4. The normalized spacial score (nSPS) is 13.8. The number of hydrogen-bond donors (Lipinski definition) is 3. The van der Waals surface area contributed by atoms with Crippen LogP contribution in [0.1, 0.15) is 49.9 Å². The van der Waals surface area contributed by atoms with Crippen LogP contribution >= 0.6 is 11.6 Å². The van der Waals surface area contributed by atoms with Gasteiger partial charge in [0.15, 0.2) is 0 Å². The minimum atomic E-state index is -5.16. The minimum absolute atomic E-state index is 0.0594. The molecule has 9 heteroatoms. The second-order valence-corrected chi connectivity index (χ2v) is 6.44. The topological polar surface area (TPSA) is 78.4 Å². The summed E-state index contributed by atoms with van der Waals surface area (Å²) >= 11 is 5.86. The number of unbranched alkanes of at least 4 members (excludes halogenated alkanes) is 3. The number of anilines is 1. The molecule has 0 heterocycles. The van der Waals surface area contributed by atoms with Gasteiger partial charge in [0.2, 0.25) is 5.60 Å². The summed E-state index contributed by atoms with van der Waals surface area (Å²) in [5, 5.41) is 13.9. The molecule has 1 unspecified atom stereocenters. The standard InChI is InChI=1S/C17H22ClF3N2O3/c1-3-4-5-6-9-22-14(24)11-7-8-12(18)13(10-11)23-15(25)16(2,26)17(19,20)21/h7-8,10,26H,3-6,9H2,1-2H3,(H,22,24)(H,23,25). The molecule has 0 spiro atoms. The van der Waals surface area contributed by atoms with Gasteiger partial charge in [-0.2, -0.15) is 13.2 Å². The summed E-state index contributed by atoms with van der Waals surface area (Å²) in [4.78, 5) is 23.8. The van der Waals surface area contributed by atoms with E-state index in [-0.39, 0.29) is 16.3 Å². The lowest BCUT2D eigenvalue weighted by atomic mass is 10.1. The highest BCUT2D eigenvalue weighted by molar-refractivity contribution is 6.34. The van der Waals surface area contributed by atoms with Crippen molar-refractivity contribution in [2.75, 3.05) is 11.9 Å². The first kappa shape index (κ1) is 22.2. The Morgan fingerprint density at radius 3 is 2.42 bits per heavy atom. The van der Waals surface area contributed by atoms with Crippen LogP contribution in [-0.2, 0) is 4.79 Å². The molecule has 3 N–H and O–H groups in total. The molecule has 0 saturated heterocycles. The molecule has 0 aliphatic rings. The van der Waals surface area contributed by atoms with E-state index in [1.54, 1.807) is 0 Å². The van der Waals surface area contributed by atoms with Gasteiger partial charge in [-0.25, -0.2) is 0 Å². The van der Waals surface area contributed by atoms with Crippen molar-refractivity contribution in [2.45, 2.75) is 51.3 Å². The van der Waals surface area contributed by atoms with Crippen molar-refractivity contribution in [3.8, 4) is 0 Å². The predicted molar refractivity (Wildman–Crippen MR) is 93.2 cm³/mol. The summed E-state index contributed by atoms with van der Waals surface area (Å²) in [5.41, 5.74) is -3.65. The van der Waals surface area contributed by atoms with Crippen LogP contribution in [-0.4, -0.2) is 35.2 Å². The Kier molecular flexibility index (Phi) is 7.89. The first-order valence-corrected chi connectivity index (χ1v) is 8.56. The number of carbonyl (C=O) groups is 2. The van der Waals surface area contributed by atoms with Crippen molar-refractivity contribution >= 4 is 29.1 Å². The highest BCUT2D eigenvalue weighted by Gasteiger charge is 2.55. The Balaban J connectivity index is 2.81. The van der Waals surface area contributed by atoms with Crippen molar-refractivity contribution in [1.82, 2.24) is 5.32 Å². The van der Waals surface area contributed by atoms with Crippen molar-refractivity contribution < 1.29 is 27.9 Å². The van der Waals surface area contributed by atoms with Gasteiger partial charge in [0.1, 0.15) is 0 Å². The van der Waals surface area contributed by atoms with Crippen LogP contribution in [0.5, 0.6) is 0 Å². The first-order valence-electron chi connectivity index (χ1n) is 8.19. The maximum atomic E-state index is 12.7. The highest BCUT2D eigenvalue weighted by atomic mass is 35.5. The van der Waals surface area contributed by atoms with Crippen LogP contribution in [0, 0.1) is 0 Å². The summed E-state index contributed by atoms with van der Waals surface area (Å²) < 4.78 is 38.1. The fourth-order valence-corrected chi connectivity index (χ4v) is 2.16. The molecule has 1 aromatic rings. The molecule has 146 valence electrons. The fourth-order valence-electron chi connectivity index (χ4n) is 1.99. The third-order valence-electron chi connectivity index (χ3n) is 3.79. The lowest BCUT2D eigenvalue weighted by Crippen LogP contribution is -2.52. The van der Waals surface area contributed by atoms with Crippen LogP contribution in [0.25, 0.3) is 0 Å². The second kappa shape index (κ2) is 9.23. The molecule has 0 aliphatic carbocycles. The number of nitrogens with one attached hydrogen (secondary N) is 2. The summed E-state index contributed by atoms with van der Waals surface area (Å²) in [6.45, 7) is 2.87. The smallest absolute Gasteiger partial charge is 0.373 e. The van der Waals surface area contributed by atoms with Gasteiger partial charge in [0.05, 0.1) is 10.7 Å². The van der Waals surface area contributed by atoms with Crippen molar-refractivity contribution in [2.24, 2.45) is 0 Å². The molecule has 26 heavy (non-hydrogen) atoms. The number of amides is 2. The Morgan fingerprint density at radius 2 is 1.85 bits per heavy atom. The zero-order chi connectivity index (χ0) is 20.0. The maximum absolute atomic E-state index is 12.7. The zero-order valence-electron chi connectivity index (χ0n) is 14.5. The Morgan fingerprint density at radius 1 is 1.19 bits per heavy atom. The lowest BCUT2D eigenvalue weighted by molar-refractivity contribution is -0.242. The van der Waals surface area contributed by atoms with Crippen molar-refractivity contribution in [1.29, 1.82) is 0 Å².